The molecule has 0 atom stereocenters. The third kappa shape index (κ3) is 3.32. The lowest BCUT2D eigenvalue weighted by Gasteiger charge is -2.11. The first-order valence-electron chi connectivity index (χ1n) is 10.5. The van der Waals surface area contributed by atoms with Gasteiger partial charge in [0.1, 0.15) is 11.6 Å². The number of pyridine rings is 1. The van der Waals surface area contributed by atoms with Gasteiger partial charge in [0.05, 0.1) is 18.1 Å². The molecule has 0 unspecified atom stereocenters. The second kappa shape index (κ2) is 7.19. The molecule has 1 aromatic carbocycles. The number of aromatic amines is 1. The molecule has 1 fully saturated rings. The number of para-hydroxylation sites is 1. The van der Waals surface area contributed by atoms with E-state index in [1.54, 1.807) is 6.20 Å². The molecule has 0 aliphatic heterocycles. The highest BCUT2D eigenvalue weighted by molar-refractivity contribution is 5.83. The number of nitrogens with one attached hydrogen (secondary N) is 2. The van der Waals surface area contributed by atoms with E-state index in [2.05, 4.69) is 44.8 Å². The number of hydrogen-bond donors (Lipinski definition) is 2. The van der Waals surface area contributed by atoms with E-state index in [9.17, 15) is 4.39 Å². The van der Waals surface area contributed by atoms with Gasteiger partial charge in [-0.15, -0.1) is 0 Å². The number of H-pyrrole nitrogens is 1. The molecule has 7 heteroatoms. The molecule has 2 N–H and O–H groups in total. The van der Waals surface area contributed by atoms with Crippen molar-refractivity contribution in [3.63, 3.8) is 0 Å². The van der Waals surface area contributed by atoms with Crippen molar-refractivity contribution in [3.8, 4) is 11.3 Å². The fraction of sp³-hybridized carbons (Fsp3) is 0.208. The second-order valence-corrected chi connectivity index (χ2v) is 8.06. The van der Waals surface area contributed by atoms with Crippen molar-refractivity contribution < 1.29 is 4.39 Å². The van der Waals surface area contributed by atoms with Gasteiger partial charge in [-0.25, -0.2) is 9.37 Å². The number of rotatable bonds is 6. The van der Waals surface area contributed by atoms with E-state index in [0.717, 1.165) is 48.4 Å². The van der Waals surface area contributed by atoms with E-state index in [0.29, 0.717) is 17.2 Å². The van der Waals surface area contributed by atoms with Gasteiger partial charge >= 0.3 is 0 Å². The lowest BCUT2D eigenvalue weighted by atomic mass is 10.1. The number of aromatic nitrogens is 5. The predicted octanol–water partition coefficient (Wildman–Crippen LogP) is 4.94. The van der Waals surface area contributed by atoms with E-state index >= 15 is 0 Å². The monoisotopic (exact) mass is 412 g/mol. The standard InChI is InChI=1S/C24H21FN6/c25-18-9-17(11-26-13-18)22-10-23(31-24(30-22)20(14-29-31)15-5-6-15)27-8-7-16-12-28-21-4-2-1-3-19(16)21/h1-4,9-15,27-28H,5-8H2. The number of nitrogens with zero attached hydrogens (tertiary/aromatic N) is 4. The van der Waals surface area contributed by atoms with E-state index in [1.807, 2.05) is 22.8 Å². The number of benzene rings is 1. The molecule has 5 aromatic rings. The molecule has 1 saturated carbocycles. The Kier molecular flexibility index (Phi) is 4.19. The molecule has 0 saturated heterocycles. The minimum absolute atomic E-state index is 0.371. The van der Waals surface area contributed by atoms with Gasteiger partial charge in [-0.2, -0.15) is 9.61 Å². The molecule has 4 heterocycles. The lowest BCUT2D eigenvalue weighted by molar-refractivity contribution is 0.622. The molecule has 0 radical (unpaired) electrons. The molecular weight excluding hydrogens is 391 g/mol. The first-order valence-corrected chi connectivity index (χ1v) is 10.5. The summed E-state index contributed by atoms with van der Waals surface area (Å²) in [6.45, 7) is 0.737. The Labute approximate surface area is 178 Å². The fourth-order valence-corrected chi connectivity index (χ4v) is 4.15. The highest BCUT2D eigenvalue weighted by Crippen LogP contribution is 2.42. The van der Waals surface area contributed by atoms with E-state index < -0.39 is 0 Å². The van der Waals surface area contributed by atoms with Crippen molar-refractivity contribution in [1.29, 1.82) is 0 Å². The van der Waals surface area contributed by atoms with Crippen LogP contribution in [0.5, 0.6) is 0 Å². The van der Waals surface area contributed by atoms with Crippen LogP contribution in [0, 0.1) is 5.82 Å². The van der Waals surface area contributed by atoms with Gasteiger partial charge in [0.25, 0.3) is 0 Å². The zero-order valence-electron chi connectivity index (χ0n) is 16.8. The van der Waals surface area contributed by atoms with Gasteiger partial charge in [0.15, 0.2) is 5.65 Å². The summed E-state index contributed by atoms with van der Waals surface area (Å²) in [5, 5.41) is 9.36. The predicted molar refractivity (Wildman–Crippen MR) is 119 cm³/mol. The minimum Gasteiger partial charge on any atom is -0.370 e. The number of hydrogen-bond acceptors (Lipinski definition) is 4. The molecule has 6 rings (SSSR count). The fourth-order valence-electron chi connectivity index (χ4n) is 4.15. The van der Waals surface area contributed by atoms with E-state index in [1.165, 1.54) is 23.2 Å². The van der Waals surface area contributed by atoms with Gasteiger partial charge in [0, 0.05) is 47.0 Å². The van der Waals surface area contributed by atoms with Gasteiger partial charge in [-0.05, 0) is 42.9 Å². The van der Waals surface area contributed by atoms with Crippen molar-refractivity contribution in [2.45, 2.75) is 25.2 Å². The number of fused-ring (bicyclic) bond motifs is 2. The summed E-state index contributed by atoms with van der Waals surface area (Å²) in [5.74, 6) is 0.991. The molecule has 0 spiro atoms. The van der Waals surface area contributed by atoms with Crippen LogP contribution in [0.4, 0.5) is 10.2 Å². The summed E-state index contributed by atoms with van der Waals surface area (Å²) < 4.78 is 15.6. The largest absolute Gasteiger partial charge is 0.370 e. The number of halogens is 1. The normalized spacial score (nSPS) is 13.8. The van der Waals surface area contributed by atoms with Crippen molar-refractivity contribution in [1.82, 2.24) is 24.6 Å². The summed E-state index contributed by atoms with van der Waals surface area (Å²) in [6, 6.07) is 11.7. The third-order valence-electron chi connectivity index (χ3n) is 5.89. The first-order chi connectivity index (χ1) is 15.3. The van der Waals surface area contributed by atoms with Gasteiger partial charge in [-0.3, -0.25) is 4.98 Å². The molecule has 6 nitrogen and oxygen atoms in total. The van der Waals surface area contributed by atoms with Crippen LogP contribution in [0.25, 0.3) is 27.8 Å². The van der Waals surface area contributed by atoms with Crippen LogP contribution < -0.4 is 5.32 Å². The summed E-state index contributed by atoms with van der Waals surface area (Å²) in [5.41, 5.74) is 5.75. The van der Waals surface area contributed by atoms with Crippen LogP contribution in [0.3, 0.4) is 0 Å². The second-order valence-electron chi connectivity index (χ2n) is 8.06. The Balaban J connectivity index is 1.34. The molecule has 1 aliphatic carbocycles. The maximum Gasteiger partial charge on any atom is 0.161 e. The zero-order chi connectivity index (χ0) is 20.8. The van der Waals surface area contributed by atoms with Gasteiger partial charge < -0.3 is 10.3 Å². The highest BCUT2D eigenvalue weighted by atomic mass is 19.1. The number of anilines is 1. The van der Waals surface area contributed by atoms with Crippen LogP contribution in [0.1, 0.15) is 29.9 Å². The van der Waals surface area contributed by atoms with Crippen LogP contribution in [0.2, 0.25) is 0 Å². The topological polar surface area (TPSA) is 70.9 Å². The average molecular weight is 412 g/mol. The quantitative estimate of drug-likeness (QED) is 0.414. The van der Waals surface area contributed by atoms with E-state index in [4.69, 9.17) is 4.98 Å². The Bertz CT molecular complexity index is 1400. The first kappa shape index (κ1) is 18.1. The zero-order valence-corrected chi connectivity index (χ0v) is 16.8. The SMILES string of the molecule is Fc1cncc(-c2cc(NCCc3c[nH]c4ccccc34)n3ncc(C4CC4)c3n2)c1. The van der Waals surface area contributed by atoms with Gasteiger partial charge in [-0.1, -0.05) is 18.2 Å². The molecule has 0 amide bonds. The highest BCUT2D eigenvalue weighted by Gasteiger charge is 2.28. The molecule has 1 aliphatic rings. The Morgan fingerprint density at radius 3 is 2.90 bits per heavy atom. The molecule has 31 heavy (non-hydrogen) atoms. The Hall–Kier alpha value is -3.74. The van der Waals surface area contributed by atoms with Crippen LogP contribution in [0.15, 0.2) is 61.2 Å². The summed E-state index contributed by atoms with van der Waals surface area (Å²) in [4.78, 5) is 12.1. The summed E-state index contributed by atoms with van der Waals surface area (Å²) >= 11 is 0. The maximum atomic E-state index is 13.8. The Morgan fingerprint density at radius 2 is 2.03 bits per heavy atom. The smallest absolute Gasteiger partial charge is 0.161 e. The molecule has 0 bridgehead atoms. The van der Waals surface area contributed by atoms with Crippen molar-refractivity contribution in [2.24, 2.45) is 0 Å². The van der Waals surface area contributed by atoms with Gasteiger partial charge in [0.2, 0.25) is 0 Å². The van der Waals surface area contributed by atoms with Crippen LogP contribution >= 0.6 is 0 Å². The van der Waals surface area contributed by atoms with Crippen LogP contribution in [-0.4, -0.2) is 31.1 Å². The van der Waals surface area contributed by atoms with Crippen molar-refractivity contribution in [3.05, 3.63) is 78.1 Å². The summed E-state index contributed by atoms with van der Waals surface area (Å²) in [6.07, 6.45) is 10.0. The molecular formula is C24H21FN6. The van der Waals surface area contributed by atoms with E-state index in [-0.39, 0.29) is 5.82 Å². The van der Waals surface area contributed by atoms with Crippen molar-refractivity contribution in [2.75, 3.05) is 11.9 Å². The summed E-state index contributed by atoms with van der Waals surface area (Å²) in [7, 11) is 0. The lowest BCUT2D eigenvalue weighted by Crippen LogP contribution is -2.10. The minimum atomic E-state index is -0.371. The van der Waals surface area contributed by atoms with Crippen molar-refractivity contribution >= 4 is 22.4 Å². The third-order valence-corrected chi connectivity index (χ3v) is 5.89. The molecule has 154 valence electrons. The Morgan fingerprint density at radius 1 is 1.13 bits per heavy atom. The average Bonchev–Trinajstić information content (AvgIpc) is 3.41. The maximum absolute atomic E-state index is 13.8. The molecule has 4 aromatic heterocycles. The van der Waals surface area contributed by atoms with Crippen LogP contribution in [-0.2, 0) is 6.42 Å².